The lowest BCUT2D eigenvalue weighted by atomic mass is 10.2. The molecule has 2 amide bonds. The van der Waals surface area contributed by atoms with Gasteiger partial charge in [0.1, 0.15) is 23.5 Å². The minimum atomic E-state index is -0.669. The highest BCUT2D eigenvalue weighted by molar-refractivity contribution is 5.97. The third kappa shape index (κ3) is 3.45. The highest BCUT2D eigenvalue weighted by atomic mass is 16.6. The van der Waals surface area contributed by atoms with E-state index >= 15 is 0 Å². The van der Waals surface area contributed by atoms with Crippen molar-refractivity contribution in [2.24, 2.45) is 4.99 Å². The quantitative estimate of drug-likeness (QED) is 0.551. The molecule has 1 N–H and O–H groups in total. The highest BCUT2D eigenvalue weighted by Crippen LogP contribution is 2.38. The van der Waals surface area contributed by atoms with Crippen LogP contribution in [0.4, 0.5) is 10.6 Å². The van der Waals surface area contributed by atoms with Gasteiger partial charge in [0.05, 0.1) is 19.2 Å². The van der Waals surface area contributed by atoms with Crippen LogP contribution >= 0.6 is 0 Å². The Bertz CT molecular complexity index is 1450. The Hall–Kier alpha value is -4.48. The first-order chi connectivity index (χ1) is 17.0. The summed E-state index contributed by atoms with van der Waals surface area (Å²) in [6.07, 6.45) is 2.51. The topological polar surface area (TPSA) is 137 Å². The van der Waals surface area contributed by atoms with Gasteiger partial charge in [0.15, 0.2) is 11.5 Å². The number of carbonyl (C=O) groups is 3. The van der Waals surface area contributed by atoms with Gasteiger partial charge in [-0.25, -0.2) is 14.6 Å². The molecule has 0 radical (unpaired) electrons. The Morgan fingerprint density at radius 1 is 1.29 bits per heavy atom. The summed E-state index contributed by atoms with van der Waals surface area (Å²) in [7, 11) is 1.44. The molecule has 12 nitrogen and oxygen atoms in total. The number of hydrogen-bond acceptors (Lipinski definition) is 9. The number of morpholine rings is 1. The third-order valence-corrected chi connectivity index (χ3v) is 6.27. The standard InChI is InChI=1S/C23H20N6O6/c1-33-18-16(35-23(32)29-11-13-9-15(29)21(31)34-13)5-4-14-17(18)26-22(28-8-7-25-19(14)28)27-20(30)12-3-2-6-24-10-12/h2-6,10,13,15,25H,7-9,11H2,1H3. The summed E-state index contributed by atoms with van der Waals surface area (Å²) < 4.78 is 18.2. The predicted molar refractivity (Wildman–Crippen MR) is 120 cm³/mol. The molecule has 2 bridgehead atoms. The van der Waals surface area contributed by atoms with Gasteiger partial charge in [0, 0.05) is 37.3 Å². The second kappa shape index (κ2) is 8.08. The predicted octanol–water partition coefficient (Wildman–Crippen LogP) is 1.10. The Balaban J connectivity index is 1.41. The fourth-order valence-corrected chi connectivity index (χ4v) is 4.66. The van der Waals surface area contributed by atoms with Crippen LogP contribution in [0.15, 0.2) is 41.7 Å². The summed E-state index contributed by atoms with van der Waals surface area (Å²) in [6.45, 7) is 1.50. The number of likely N-dealkylation sites (tertiary alicyclic amines) is 1. The van der Waals surface area contributed by atoms with Crippen LogP contribution in [0.3, 0.4) is 0 Å². The van der Waals surface area contributed by atoms with E-state index in [0.29, 0.717) is 30.6 Å². The van der Waals surface area contributed by atoms with Crippen LogP contribution in [0, 0.1) is 0 Å². The maximum atomic E-state index is 12.8. The fourth-order valence-electron chi connectivity index (χ4n) is 4.66. The first kappa shape index (κ1) is 21.1. The molecule has 5 heterocycles. The number of amides is 2. The molecule has 1 aromatic carbocycles. The maximum absolute atomic E-state index is 12.8. The highest BCUT2D eigenvalue weighted by Gasteiger charge is 2.49. The van der Waals surface area contributed by atoms with E-state index in [-0.39, 0.29) is 29.8 Å². The second-order valence-corrected chi connectivity index (χ2v) is 8.32. The number of carbonyl (C=O) groups excluding carboxylic acids is 3. The maximum Gasteiger partial charge on any atom is 0.416 e. The molecule has 0 spiro atoms. The van der Waals surface area contributed by atoms with Crippen molar-refractivity contribution in [3.05, 3.63) is 47.8 Å². The minimum absolute atomic E-state index is 0.140. The molecule has 2 aromatic heterocycles. The number of hydrogen-bond donors (Lipinski definition) is 1. The Morgan fingerprint density at radius 3 is 2.91 bits per heavy atom. The zero-order chi connectivity index (χ0) is 24.1. The van der Waals surface area contributed by atoms with Crippen LogP contribution in [0.5, 0.6) is 11.5 Å². The number of ether oxygens (including phenoxy) is 3. The van der Waals surface area contributed by atoms with Gasteiger partial charge in [0.25, 0.3) is 5.91 Å². The molecule has 3 aliphatic rings. The number of nitrogens with zero attached hydrogens (tertiary/aromatic N) is 5. The van der Waals surface area contributed by atoms with Crippen molar-refractivity contribution in [1.29, 1.82) is 0 Å². The molecular formula is C23H20N6O6. The molecule has 12 heteroatoms. The fraction of sp³-hybridized carbons (Fsp3) is 0.304. The van der Waals surface area contributed by atoms with Crippen molar-refractivity contribution in [3.8, 4) is 11.5 Å². The van der Waals surface area contributed by atoms with Gasteiger partial charge < -0.3 is 19.5 Å². The normalized spacial score (nSPS) is 20.5. The Kier molecular flexibility index (Phi) is 4.87. The van der Waals surface area contributed by atoms with E-state index in [1.807, 2.05) is 4.57 Å². The van der Waals surface area contributed by atoms with Crippen LogP contribution in [0.25, 0.3) is 10.9 Å². The summed E-state index contributed by atoms with van der Waals surface area (Å²) >= 11 is 0. The minimum Gasteiger partial charge on any atom is -0.491 e. The molecule has 2 saturated heterocycles. The summed E-state index contributed by atoms with van der Waals surface area (Å²) in [6, 6.07) is 6.03. The van der Waals surface area contributed by atoms with E-state index < -0.39 is 24.0 Å². The van der Waals surface area contributed by atoms with Crippen LogP contribution in [-0.2, 0) is 16.1 Å². The lowest BCUT2D eigenvalue weighted by Crippen LogP contribution is -2.45. The van der Waals surface area contributed by atoms with Crippen molar-refractivity contribution in [3.63, 3.8) is 0 Å². The summed E-state index contributed by atoms with van der Waals surface area (Å²) in [5.74, 6) is 0.174. The zero-order valence-corrected chi connectivity index (χ0v) is 18.6. The molecule has 178 valence electrons. The number of anilines is 1. The third-order valence-electron chi connectivity index (χ3n) is 6.27. The van der Waals surface area contributed by atoms with Gasteiger partial charge in [-0.05, 0) is 24.3 Å². The Morgan fingerprint density at radius 2 is 2.17 bits per heavy atom. The second-order valence-electron chi connectivity index (χ2n) is 8.32. The van der Waals surface area contributed by atoms with E-state index in [2.05, 4.69) is 20.3 Å². The number of aromatic nitrogens is 3. The first-order valence-corrected chi connectivity index (χ1v) is 11.1. The molecule has 35 heavy (non-hydrogen) atoms. The molecule has 2 unspecified atom stereocenters. The average Bonchev–Trinajstić information content (AvgIpc) is 3.60. The van der Waals surface area contributed by atoms with Crippen LogP contribution < -0.4 is 20.4 Å². The molecule has 0 aliphatic carbocycles. The lowest BCUT2D eigenvalue weighted by molar-refractivity contribution is -0.149. The van der Waals surface area contributed by atoms with E-state index in [1.54, 1.807) is 30.5 Å². The summed E-state index contributed by atoms with van der Waals surface area (Å²) in [5.41, 5.74) is 0.897. The molecule has 6 rings (SSSR count). The molecule has 2 fully saturated rings. The summed E-state index contributed by atoms with van der Waals surface area (Å²) in [4.78, 5) is 51.6. The van der Waals surface area contributed by atoms with Gasteiger partial charge >= 0.3 is 12.1 Å². The summed E-state index contributed by atoms with van der Waals surface area (Å²) in [5, 5.41) is 4.01. The average molecular weight is 476 g/mol. The van der Waals surface area contributed by atoms with Gasteiger partial charge in [-0.15, -0.1) is 0 Å². The van der Waals surface area contributed by atoms with Crippen molar-refractivity contribution in [2.45, 2.75) is 25.1 Å². The van der Waals surface area contributed by atoms with E-state index in [0.717, 1.165) is 11.2 Å². The number of esters is 1. The first-order valence-electron chi connectivity index (χ1n) is 11.1. The number of methoxy groups -OCH3 is 1. The van der Waals surface area contributed by atoms with Crippen molar-refractivity contribution >= 4 is 34.7 Å². The smallest absolute Gasteiger partial charge is 0.416 e. The SMILES string of the molecule is COc1c(OC(=O)N2CC3CC2C(=O)O3)ccc2c3n(c(=NC(=O)c4cccnc4)nc12)CCN3. The van der Waals surface area contributed by atoms with Crippen molar-refractivity contribution < 1.29 is 28.6 Å². The molecule has 0 saturated carbocycles. The number of benzene rings is 1. The van der Waals surface area contributed by atoms with Crippen LogP contribution in [0.2, 0.25) is 0 Å². The monoisotopic (exact) mass is 476 g/mol. The molecule has 3 aromatic rings. The molecular weight excluding hydrogens is 456 g/mol. The molecule has 2 atom stereocenters. The van der Waals surface area contributed by atoms with Gasteiger partial charge in [-0.2, -0.15) is 4.99 Å². The Labute approximate surface area is 198 Å². The van der Waals surface area contributed by atoms with Gasteiger partial charge in [-0.3, -0.25) is 19.2 Å². The van der Waals surface area contributed by atoms with Gasteiger partial charge in [-0.1, -0.05) is 0 Å². The van der Waals surface area contributed by atoms with Crippen molar-refractivity contribution in [1.82, 2.24) is 19.4 Å². The number of pyridine rings is 1. The zero-order valence-electron chi connectivity index (χ0n) is 18.6. The van der Waals surface area contributed by atoms with Crippen LogP contribution in [0.1, 0.15) is 16.8 Å². The largest absolute Gasteiger partial charge is 0.491 e. The number of fused-ring (bicyclic) bond motifs is 5. The number of rotatable bonds is 3. The molecule has 3 aliphatic heterocycles. The van der Waals surface area contributed by atoms with Gasteiger partial charge in [0.2, 0.25) is 5.62 Å². The lowest BCUT2D eigenvalue weighted by Gasteiger charge is -2.25. The number of nitrogens with one attached hydrogen (secondary N) is 1. The van der Waals surface area contributed by atoms with E-state index in [4.69, 9.17) is 14.2 Å². The van der Waals surface area contributed by atoms with E-state index in [9.17, 15) is 14.4 Å². The van der Waals surface area contributed by atoms with Crippen LogP contribution in [-0.4, -0.2) is 69.7 Å². The van der Waals surface area contributed by atoms with Crippen molar-refractivity contribution in [2.75, 3.05) is 25.5 Å². The van der Waals surface area contributed by atoms with E-state index in [1.165, 1.54) is 18.2 Å².